The molecule has 3 rings (SSSR count). The van der Waals surface area contributed by atoms with Crippen LogP contribution in [0.5, 0.6) is 0 Å². The van der Waals surface area contributed by atoms with Crippen molar-refractivity contribution >= 4 is 29.1 Å². The normalized spacial score (nSPS) is 10.9. The fraction of sp³-hybridized carbons (Fsp3) is 0.353. The van der Waals surface area contributed by atoms with Crippen molar-refractivity contribution in [2.24, 2.45) is 0 Å². The number of aromatic nitrogens is 4. The Morgan fingerprint density at radius 1 is 1.27 bits per heavy atom. The van der Waals surface area contributed by atoms with E-state index in [0.29, 0.717) is 12.2 Å². The second-order valence-electron chi connectivity index (χ2n) is 5.54. The summed E-state index contributed by atoms with van der Waals surface area (Å²) < 4.78 is 10.3. The lowest BCUT2D eigenvalue weighted by molar-refractivity contribution is -0.145. The fourth-order valence-electron chi connectivity index (χ4n) is 2.43. The average Bonchev–Trinajstić information content (AvgIpc) is 3.30. The predicted octanol–water partition coefficient (Wildman–Crippen LogP) is 3.60. The quantitative estimate of drug-likeness (QED) is 0.343. The first kappa shape index (κ1) is 18.5. The summed E-state index contributed by atoms with van der Waals surface area (Å²) in [6.07, 6.45) is 2.72. The monoisotopic (exact) mass is 390 g/mol. The van der Waals surface area contributed by atoms with E-state index >= 15 is 0 Å². The summed E-state index contributed by atoms with van der Waals surface area (Å²) in [5, 5.41) is 8.48. The number of thiophene rings is 1. The lowest BCUT2D eigenvalue weighted by Crippen LogP contribution is -2.09. The first-order chi connectivity index (χ1) is 12.6. The van der Waals surface area contributed by atoms with Crippen LogP contribution in [0.4, 0.5) is 0 Å². The highest BCUT2D eigenvalue weighted by Crippen LogP contribution is 2.19. The SMILES string of the molecule is CSc1nc(C)c(CCC(=O)OCc2nc(-c3ccsc3)no2)c(C)n1. The van der Waals surface area contributed by atoms with E-state index in [1.807, 2.05) is 36.9 Å². The summed E-state index contributed by atoms with van der Waals surface area (Å²) in [5.41, 5.74) is 3.66. The van der Waals surface area contributed by atoms with Gasteiger partial charge in [-0.1, -0.05) is 16.9 Å². The third-order valence-electron chi connectivity index (χ3n) is 3.77. The van der Waals surface area contributed by atoms with Gasteiger partial charge in [-0.15, -0.1) is 0 Å². The Hall–Kier alpha value is -2.26. The Morgan fingerprint density at radius 2 is 2.04 bits per heavy atom. The lowest BCUT2D eigenvalue weighted by Gasteiger charge is -2.09. The van der Waals surface area contributed by atoms with E-state index < -0.39 is 0 Å². The molecule has 136 valence electrons. The molecule has 0 saturated carbocycles. The van der Waals surface area contributed by atoms with Crippen molar-refractivity contribution in [3.05, 3.63) is 39.7 Å². The molecule has 9 heteroatoms. The molecule has 0 atom stereocenters. The van der Waals surface area contributed by atoms with Gasteiger partial charge in [-0.25, -0.2) is 9.97 Å². The number of carbonyl (C=O) groups excluding carboxylic acids is 1. The zero-order valence-electron chi connectivity index (χ0n) is 14.7. The summed E-state index contributed by atoms with van der Waals surface area (Å²) >= 11 is 3.05. The topological polar surface area (TPSA) is 91.0 Å². The van der Waals surface area contributed by atoms with Crippen LogP contribution in [0.25, 0.3) is 11.4 Å². The predicted molar refractivity (Wildman–Crippen MR) is 99.0 cm³/mol. The minimum atomic E-state index is -0.326. The standard InChI is InChI=1S/C17H18N4O3S2/c1-10-13(11(2)19-17(18-10)25-3)4-5-15(22)23-8-14-20-16(21-24-14)12-6-7-26-9-12/h6-7,9H,4-5,8H2,1-3H3. The highest BCUT2D eigenvalue weighted by Gasteiger charge is 2.14. The molecule has 0 spiro atoms. The van der Waals surface area contributed by atoms with Gasteiger partial charge in [0, 0.05) is 28.8 Å². The Kier molecular flexibility index (Phi) is 6.00. The maximum atomic E-state index is 12.0. The molecule has 0 aromatic carbocycles. The molecule has 0 unspecified atom stereocenters. The van der Waals surface area contributed by atoms with Crippen molar-refractivity contribution in [3.8, 4) is 11.4 Å². The number of ether oxygens (including phenoxy) is 1. The highest BCUT2D eigenvalue weighted by atomic mass is 32.2. The van der Waals surface area contributed by atoms with Crippen LogP contribution in [-0.2, 0) is 22.6 Å². The number of hydrogen-bond acceptors (Lipinski definition) is 9. The van der Waals surface area contributed by atoms with E-state index in [2.05, 4.69) is 20.1 Å². The van der Waals surface area contributed by atoms with Gasteiger partial charge in [-0.3, -0.25) is 4.79 Å². The van der Waals surface area contributed by atoms with Gasteiger partial charge in [-0.05, 0) is 43.5 Å². The minimum Gasteiger partial charge on any atom is -0.456 e. The van der Waals surface area contributed by atoms with Crippen molar-refractivity contribution in [2.45, 2.75) is 38.5 Å². The van der Waals surface area contributed by atoms with Gasteiger partial charge in [-0.2, -0.15) is 16.3 Å². The average molecular weight is 390 g/mol. The summed E-state index contributed by atoms with van der Waals surface area (Å²) in [7, 11) is 0. The van der Waals surface area contributed by atoms with E-state index in [9.17, 15) is 4.79 Å². The second kappa shape index (κ2) is 8.41. The van der Waals surface area contributed by atoms with Crippen LogP contribution in [0.15, 0.2) is 26.5 Å². The third kappa shape index (κ3) is 4.47. The zero-order chi connectivity index (χ0) is 18.5. The molecule has 0 amide bonds. The first-order valence-corrected chi connectivity index (χ1v) is 10.1. The molecule has 0 aliphatic heterocycles. The molecule has 0 bridgehead atoms. The van der Waals surface area contributed by atoms with Crippen LogP contribution in [0, 0.1) is 13.8 Å². The third-order valence-corrected chi connectivity index (χ3v) is 5.00. The molecule has 3 aromatic heterocycles. The molecule has 3 heterocycles. The van der Waals surface area contributed by atoms with Crippen LogP contribution in [0.3, 0.4) is 0 Å². The van der Waals surface area contributed by atoms with Gasteiger partial charge >= 0.3 is 5.97 Å². The molecule has 0 radical (unpaired) electrons. The minimum absolute atomic E-state index is 0.0319. The molecule has 7 nitrogen and oxygen atoms in total. The number of carbonyl (C=O) groups is 1. The Morgan fingerprint density at radius 3 is 2.69 bits per heavy atom. The largest absolute Gasteiger partial charge is 0.456 e. The molecular weight excluding hydrogens is 372 g/mol. The van der Waals surface area contributed by atoms with Crippen molar-refractivity contribution < 1.29 is 14.1 Å². The summed E-state index contributed by atoms with van der Waals surface area (Å²) in [5.74, 6) is 0.446. The van der Waals surface area contributed by atoms with Crippen molar-refractivity contribution in [1.29, 1.82) is 0 Å². The second-order valence-corrected chi connectivity index (χ2v) is 7.10. The van der Waals surface area contributed by atoms with Crippen molar-refractivity contribution in [3.63, 3.8) is 0 Å². The summed E-state index contributed by atoms with van der Waals surface area (Å²) in [4.78, 5) is 25.1. The van der Waals surface area contributed by atoms with Gasteiger partial charge in [0.25, 0.3) is 5.89 Å². The number of esters is 1. The smallest absolute Gasteiger partial charge is 0.306 e. The van der Waals surface area contributed by atoms with Gasteiger partial charge < -0.3 is 9.26 Å². The first-order valence-electron chi connectivity index (χ1n) is 7.95. The summed E-state index contributed by atoms with van der Waals surface area (Å²) in [6, 6.07) is 1.90. The molecular formula is C17H18N4O3S2. The Bertz CT molecular complexity index is 870. The zero-order valence-corrected chi connectivity index (χ0v) is 16.3. The van der Waals surface area contributed by atoms with Gasteiger partial charge in [0.1, 0.15) is 0 Å². The molecule has 0 aliphatic rings. The van der Waals surface area contributed by atoms with Crippen molar-refractivity contribution in [1.82, 2.24) is 20.1 Å². The summed E-state index contributed by atoms with van der Waals surface area (Å²) in [6.45, 7) is 3.83. The highest BCUT2D eigenvalue weighted by molar-refractivity contribution is 7.98. The fourth-order valence-corrected chi connectivity index (χ4v) is 3.52. The van der Waals surface area contributed by atoms with E-state index in [0.717, 1.165) is 27.7 Å². The van der Waals surface area contributed by atoms with Crippen molar-refractivity contribution in [2.75, 3.05) is 6.26 Å². The molecule has 3 aromatic rings. The number of aryl methyl sites for hydroxylation is 2. The van der Waals surface area contributed by atoms with Crippen LogP contribution >= 0.6 is 23.1 Å². The maximum Gasteiger partial charge on any atom is 0.306 e. The molecule has 0 fully saturated rings. The number of rotatable bonds is 7. The van der Waals surface area contributed by atoms with Crippen LogP contribution in [0.2, 0.25) is 0 Å². The van der Waals surface area contributed by atoms with E-state index in [1.165, 1.54) is 11.8 Å². The Labute approximate surface area is 159 Å². The molecule has 0 aliphatic carbocycles. The van der Waals surface area contributed by atoms with E-state index in [-0.39, 0.29) is 24.9 Å². The number of thioether (sulfide) groups is 1. The molecule has 0 saturated heterocycles. The lowest BCUT2D eigenvalue weighted by atomic mass is 10.1. The molecule has 0 N–H and O–H groups in total. The number of hydrogen-bond donors (Lipinski definition) is 0. The maximum absolute atomic E-state index is 12.0. The molecule has 26 heavy (non-hydrogen) atoms. The van der Waals surface area contributed by atoms with Gasteiger partial charge in [0.05, 0.1) is 0 Å². The Balaban J connectivity index is 1.52. The van der Waals surface area contributed by atoms with E-state index in [4.69, 9.17) is 9.26 Å². The van der Waals surface area contributed by atoms with Gasteiger partial charge in [0.15, 0.2) is 11.8 Å². The van der Waals surface area contributed by atoms with Crippen LogP contribution in [-0.4, -0.2) is 32.3 Å². The van der Waals surface area contributed by atoms with E-state index in [1.54, 1.807) is 11.3 Å². The number of nitrogens with zero attached hydrogens (tertiary/aromatic N) is 4. The van der Waals surface area contributed by atoms with Crippen LogP contribution < -0.4 is 0 Å². The van der Waals surface area contributed by atoms with Gasteiger partial charge in [0.2, 0.25) is 5.82 Å². The van der Waals surface area contributed by atoms with Crippen LogP contribution in [0.1, 0.15) is 29.3 Å².